The van der Waals surface area contributed by atoms with E-state index in [2.05, 4.69) is 0 Å². The Morgan fingerprint density at radius 3 is 2.71 bits per heavy atom. The third-order valence-corrected chi connectivity index (χ3v) is 2.50. The summed E-state index contributed by atoms with van der Waals surface area (Å²) in [6.45, 7) is 0. The summed E-state index contributed by atoms with van der Waals surface area (Å²) in [7, 11) is 1.48. The minimum absolute atomic E-state index is 0.261. The molecule has 1 aromatic carbocycles. The largest absolute Gasteiger partial charge is 0.496 e. The molecule has 0 atom stereocenters. The van der Waals surface area contributed by atoms with Crippen LogP contribution < -0.4 is 4.74 Å². The summed E-state index contributed by atoms with van der Waals surface area (Å²) in [5, 5.41) is 8.94. The maximum atomic E-state index is 10.9. The number of carboxylic acid groups (broad SMARTS) is 1. The van der Waals surface area contributed by atoms with Gasteiger partial charge in [0.2, 0.25) is 0 Å². The van der Waals surface area contributed by atoms with E-state index in [1.165, 1.54) is 20.0 Å². The number of hydrogen-bond donors (Lipinski definition) is 1. The second kappa shape index (κ2) is 3.33. The molecule has 1 aromatic rings. The molecule has 0 saturated heterocycles. The van der Waals surface area contributed by atoms with Crippen molar-refractivity contribution in [2.75, 3.05) is 7.11 Å². The van der Waals surface area contributed by atoms with Gasteiger partial charge < -0.3 is 9.84 Å². The molecule has 1 aliphatic carbocycles. The standard InChI is InChI=1S/C11H12O3/c1-14-10-5-4-8(7-2-3-7)6-9(10)11(12)13/h4-7H,2-3H2,1H3,(H,12,13). The van der Waals surface area contributed by atoms with Crippen molar-refractivity contribution in [3.05, 3.63) is 29.3 Å². The summed E-state index contributed by atoms with van der Waals surface area (Å²) in [5.74, 6) is 0.0743. The zero-order chi connectivity index (χ0) is 10.1. The first-order valence-electron chi connectivity index (χ1n) is 4.63. The van der Waals surface area contributed by atoms with Gasteiger partial charge in [-0.15, -0.1) is 0 Å². The molecule has 3 nitrogen and oxygen atoms in total. The van der Waals surface area contributed by atoms with E-state index in [4.69, 9.17) is 9.84 Å². The molecule has 0 spiro atoms. The number of methoxy groups -OCH3 is 1. The Bertz CT molecular complexity index is 367. The van der Waals surface area contributed by atoms with Crippen LogP contribution >= 0.6 is 0 Å². The SMILES string of the molecule is COc1ccc(C2CC2)cc1C(=O)O. The van der Waals surface area contributed by atoms with Crippen LogP contribution in [0.15, 0.2) is 18.2 Å². The third kappa shape index (κ3) is 1.58. The molecule has 0 amide bonds. The van der Waals surface area contributed by atoms with Crippen LogP contribution in [-0.2, 0) is 0 Å². The minimum Gasteiger partial charge on any atom is -0.496 e. The van der Waals surface area contributed by atoms with Gasteiger partial charge in [-0.1, -0.05) is 6.07 Å². The number of rotatable bonds is 3. The lowest BCUT2D eigenvalue weighted by Gasteiger charge is -2.06. The van der Waals surface area contributed by atoms with Crippen LogP contribution in [0, 0.1) is 0 Å². The van der Waals surface area contributed by atoms with Gasteiger partial charge in [-0.2, -0.15) is 0 Å². The van der Waals surface area contributed by atoms with Crippen molar-refractivity contribution in [1.29, 1.82) is 0 Å². The predicted molar refractivity (Wildman–Crippen MR) is 51.9 cm³/mol. The van der Waals surface area contributed by atoms with E-state index in [1.807, 2.05) is 6.07 Å². The number of ether oxygens (including phenoxy) is 1. The molecule has 0 aromatic heterocycles. The van der Waals surface area contributed by atoms with Crippen LogP contribution in [0.25, 0.3) is 0 Å². The molecule has 0 bridgehead atoms. The lowest BCUT2D eigenvalue weighted by Crippen LogP contribution is -2.01. The smallest absolute Gasteiger partial charge is 0.339 e. The molecule has 0 heterocycles. The number of hydrogen-bond acceptors (Lipinski definition) is 2. The van der Waals surface area contributed by atoms with Gasteiger partial charge >= 0.3 is 5.97 Å². The monoisotopic (exact) mass is 192 g/mol. The zero-order valence-corrected chi connectivity index (χ0v) is 7.99. The molecule has 1 saturated carbocycles. The summed E-state index contributed by atoms with van der Waals surface area (Å²) in [6.07, 6.45) is 2.34. The molecular formula is C11H12O3. The van der Waals surface area contributed by atoms with Crippen LogP contribution in [0.2, 0.25) is 0 Å². The predicted octanol–water partition coefficient (Wildman–Crippen LogP) is 2.27. The van der Waals surface area contributed by atoms with Crippen LogP contribution in [-0.4, -0.2) is 18.2 Å². The van der Waals surface area contributed by atoms with Gasteiger partial charge in [0.15, 0.2) is 0 Å². The number of carboxylic acids is 1. The topological polar surface area (TPSA) is 46.5 Å². The fourth-order valence-electron chi connectivity index (χ4n) is 1.56. The Balaban J connectivity index is 2.40. The first-order chi connectivity index (χ1) is 6.72. The maximum absolute atomic E-state index is 10.9. The molecule has 3 heteroatoms. The molecule has 1 N–H and O–H groups in total. The minimum atomic E-state index is -0.927. The summed E-state index contributed by atoms with van der Waals surface area (Å²) in [4.78, 5) is 10.9. The second-order valence-corrected chi connectivity index (χ2v) is 3.54. The molecule has 2 rings (SSSR count). The van der Waals surface area contributed by atoms with Crippen LogP contribution in [0.3, 0.4) is 0 Å². The molecule has 1 fully saturated rings. The molecular weight excluding hydrogens is 180 g/mol. The highest BCUT2D eigenvalue weighted by atomic mass is 16.5. The van der Waals surface area contributed by atoms with Gasteiger partial charge in [-0.3, -0.25) is 0 Å². The second-order valence-electron chi connectivity index (χ2n) is 3.54. The summed E-state index contributed by atoms with van der Waals surface area (Å²) < 4.78 is 4.98. The normalized spacial score (nSPS) is 15.2. The van der Waals surface area contributed by atoms with Crippen molar-refractivity contribution in [2.24, 2.45) is 0 Å². The average Bonchev–Trinajstić information content (AvgIpc) is 3.00. The number of carbonyl (C=O) groups is 1. The van der Waals surface area contributed by atoms with Crippen molar-refractivity contribution in [3.63, 3.8) is 0 Å². The first-order valence-corrected chi connectivity index (χ1v) is 4.63. The van der Waals surface area contributed by atoms with E-state index in [0.717, 1.165) is 5.56 Å². The molecule has 74 valence electrons. The summed E-state index contributed by atoms with van der Waals surface area (Å²) in [6, 6.07) is 5.40. The average molecular weight is 192 g/mol. The van der Waals surface area contributed by atoms with Gasteiger partial charge in [-0.25, -0.2) is 4.79 Å². The van der Waals surface area contributed by atoms with Crippen LogP contribution in [0.4, 0.5) is 0 Å². The summed E-state index contributed by atoms with van der Waals surface area (Å²) in [5.41, 5.74) is 1.38. The quantitative estimate of drug-likeness (QED) is 0.799. The number of aromatic carboxylic acids is 1. The van der Waals surface area contributed by atoms with Gasteiger partial charge in [0, 0.05) is 0 Å². The van der Waals surface area contributed by atoms with E-state index in [1.54, 1.807) is 12.1 Å². The fourth-order valence-corrected chi connectivity index (χ4v) is 1.56. The molecule has 0 radical (unpaired) electrons. The Morgan fingerprint density at radius 2 is 2.21 bits per heavy atom. The Labute approximate surface area is 82.3 Å². The Hall–Kier alpha value is -1.51. The van der Waals surface area contributed by atoms with Crippen molar-refractivity contribution >= 4 is 5.97 Å². The highest BCUT2D eigenvalue weighted by Gasteiger charge is 2.25. The highest BCUT2D eigenvalue weighted by Crippen LogP contribution is 2.41. The van der Waals surface area contributed by atoms with Gasteiger partial charge in [-0.05, 0) is 36.5 Å². The van der Waals surface area contributed by atoms with Gasteiger partial charge in [0.05, 0.1) is 7.11 Å². The first kappa shape index (κ1) is 9.06. The van der Waals surface area contributed by atoms with E-state index in [9.17, 15) is 4.79 Å². The Kier molecular flexibility index (Phi) is 2.15. The zero-order valence-electron chi connectivity index (χ0n) is 7.99. The van der Waals surface area contributed by atoms with Crippen molar-refractivity contribution in [2.45, 2.75) is 18.8 Å². The van der Waals surface area contributed by atoms with Crippen molar-refractivity contribution in [1.82, 2.24) is 0 Å². The number of benzene rings is 1. The van der Waals surface area contributed by atoms with Crippen molar-refractivity contribution in [3.8, 4) is 5.75 Å². The maximum Gasteiger partial charge on any atom is 0.339 e. The summed E-state index contributed by atoms with van der Waals surface area (Å²) >= 11 is 0. The lowest BCUT2D eigenvalue weighted by molar-refractivity contribution is 0.0693. The van der Waals surface area contributed by atoms with E-state index >= 15 is 0 Å². The lowest BCUT2D eigenvalue weighted by atomic mass is 10.1. The molecule has 0 aliphatic heterocycles. The molecule has 1 aliphatic rings. The molecule has 14 heavy (non-hydrogen) atoms. The van der Waals surface area contributed by atoms with Gasteiger partial charge in [0.1, 0.15) is 11.3 Å². The Morgan fingerprint density at radius 1 is 1.50 bits per heavy atom. The third-order valence-electron chi connectivity index (χ3n) is 2.50. The highest BCUT2D eigenvalue weighted by molar-refractivity contribution is 5.91. The fraction of sp³-hybridized carbons (Fsp3) is 0.364. The van der Waals surface area contributed by atoms with Crippen LogP contribution in [0.5, 0.6) is 5.75 Å². The van der Waals surface area contributed by atoms with E-state index in [0.29, 0.717) is 11.7 Å². The van der Waals surface area contributed by atoms with Crippen LogP contribution in [0.1, 0.15) is 34.7 Å². The van der Waals surface area contributed by atoms with Crippen molar-refractivity contribution < 1.29 is 14.6 Å². The molecule has 0 unspecified atom stereocenters. The van der Waals surface area contributed by atoms with Gasteiger partial charge in [0.25, 0.3) is 0 Å². The van der Waals surface area contributed by atoms with E-state index in [-0.39, 0.29) is 5.56 Å². The van der Waals surface area contributed by atoms with E-state index < -0.39 is 5.97 Å².